The summed E-state index contributed by atoms with van der Waals surface area (Å²) in [4.78, 5) is 5.07. The van der Waals surface area contributed by atoms with Gasteiger partial charge in [0.25, 0.3) is 0 Å². The average Bonchev–Trinajstić information content (AvgIpc) is 2.74. The fourth-order valence-corrected chi connectivity index (χ4v) is 2.40. The second-order valence-corrected chi connectivity index (χ2v) is 4.71. The maximum atomic E-state index is 12.3. The van der Waals surface area contributed by atoms with E-state index in [1.54, 1.807) is 6.20 Å². The number of hydrogen-bond donors (Lipinski definition) is 1. The molecule has 0 aromatic carbocycles. The number of thiazole rings is 1. The summed E-state index contributed by atoms with van der Waals surface area (Å²) >= 11 is 1.47. The monoisotopic (exact) mass is 263 g/mol. The van der Waals surface area contributed by atoms with Gasteiger partial charge in [0.2, 0.25) is 0 Å². The van der Waals surface area contributed by atoms with E-state index in [1.165, 1.54) is 18.4 Å². The molecule has 0 spiro atoms. The molecule has 17 heavy (non-hydrogen) atoms. The number of halogens is 3. The summed E-state index contributed by atoms with van der Waals surface area (Å²) < 4.78 is 38.6. The molecule has 3 nitrogen and oxygen atoms in total. The van der Waals surface area contributed by atoms with Gasteiger partial charge >= 0.3 is 6.18 Å². The molecule has 1 atom stereocenters. The predicted octanol–water partition coefficient (Wildman–Crippen LogP) is 2.48. The Morgan fingerprint density at radius 1 is 1.53 bits per heavy atom. The topological polar surface area (TPSA) is 29.3 Å². The summed E-state index contributed by atoms with van der Waals surface area (Å²) in [5, 5.41) is 4.56. The van der Waals surface area contributed by atoms with Crippen LogP contribution >= 0.6 is 11.3 Å². The molecule has 7 heteroatoms. The van der Waals surface area contributed by atoms with E-state index in [-0.39, 0.29) is 6.42 Å². The van der Waals surface area contributed by atoms with Crippen molar-refractivity contribution >= 4 is 16.3 Å². The van der Waals surface area contributed by atoms with Gasteiger partial charge in [-0.25, -0.2) is 4.98 Å². The molecule has 0 fully saturated rings. The van der Waals surface area contributed by atoms with Gasteiger partial charge in [-0.1, -0.05) is 0 Å². The van der Waals surface area contributed by atoms with Crippen molar-refractivity contribution in [1.82, 2.24) is 14.7 Å². The number of likely N-dealkylation sites (N-methyl/N-ethyl adjacent to an activating group) is 1. The van der Waals surface area contributed by atoms with Crippen molar-refractivity contribution in [3.63, 3.8) is 0 Å². The number of alkyl halides is 3. The fourth-order valence-electron chi connectivity index (χ4n) is 1.68. The van der Waals surface area contributed by atoms with Gasteiger partial charge in [0.15, 0.2) is 4.96 Å². The summed E-state index contributed by atoms with van der Waals surface area (Å²) in [7, 11) is 1.54. The maximum Gasteiger partial charge on any atom is 0.390 e. The van der Waals surface area contributed by atoms with Gasteiger partial charge in [0.1, 0.15) is 0 Å². The van der Waals surface area contributed by atoms with Crippen LogP contribution in [-0.2, 0) is 6.42 Å². The molecule has 1 unspecified atom stereocenters. The highest BCUT2D eigenvalue weighted by atomic mass is 32.1. The summed E-state index contributed by atoms with van der Waals surface area (Å²) in [6.07, 6.45) is -1.09. The van der Waals surface area contributed by atoms with Crippen molar-refractivity contribution in [3.05, 3.63) is 23.5 Å². The molecule has 1 N–H and O–H groups in total. The highest BCUT2D eigenvalue weighted by Crippen LogP contribution is 2.23. The van der Waals surface area contributed by atoms with E-state index in [1.807, 2.05) is 16.0 Å². The molecule has 0 aliphatic heterocycles. The Balaban J connectivity index is 2.05. The molecular formula is C10H12F3N3S. The third-order valence-corrected chi connectivity index (χ3v) is 3.26. The van der Waals surface area contributed by atoms with Crippen LogP contribution in [0.25, 0.3) is 4.96 Å². The van der Waals surface area contributed by atoms with E-state index < -0.39 is 18.6 Å². The van der Waals surface area contributed by atoms with E-state index in [9.17, 15) is 13.2 Å². The lowest BCUT2D eigenvalue weighted by Crippen LogP contribution is -2.33. The lowest BCUT2D eigenvalue weighted by Gasteiger charge is -2.16. The summed E-state index contributed by atoms with van der Waals surface area (Å²) in [5.74, 6) is 0. The first kappa shape index (κ1) is 12.4. The molecule has 0 aliphatic rings. The zero-order valence-electron chi connectivity index (χ0n) is 9.16. The van der Waals surface area contributed by atoms with Crippen LogP contribution in [0.3, 0.4) is 0 Å². The summed E-state index contributed by atoms with van der Waals surface area (Å²) in [6.45, 7) is 0. The third kappa shape index (κ3) is 3.19. The molecule has 2 aromatic heterocycles. The van der Waals surface area contributed by atoms with E-state index >= 15 is 0 Å². The molecule has 2 rings (SSSR count). The fraction of sp³-hybridized carbons (Fsp3) is 0.500. The number of imidazole rings is 1. The zero-order valence-corrected chi connectivity index (χ0v) is 9.98. The van der Waals surface area contributed by atoms with Gasteiger partial charge in [0.05, 0.1) is 12.1 Å². The predicted molar refractivity (Wildman–Crippen MR) is 60.3 cm³/mol. The Morgan fingerprint density at radius 2 is 2.29 bits per heavy atom. The Bertz CT molecular complexity index is 460. The van der Waals surface area contributed by atoms with Crippen LogP contribution < -0.4 is 5.32 Å². The van der Waals surface area contributed by atoms with Crippen molar-refractivity contribution in [3.8, 4) is 0 Å². The highest BCUT2D eigenvalue weighted by Gasteiger charge is 2.31. The van der Waals surface area contributed by atoms with Gasteiger partial charge in [0, 0.05) is 30.2 Å². The molecule has 0 aliphatic carbocycles. The normalized spacial score (nSPS) is 14.4. The van der Waals surface area contributed by atoms with Crippen molar-refractivity contribution in [2.75, 3.05) is 7.05 Å². The standard InChI is InChI=1S/C10H12F3N3S/c1-14-7(5-10(11,12)13)4-8-6-16-2-3-17-9(16)15-8/h2-3,6-7,14H,4-5H2,1H3. The number of hydrogen-bond acceptors (Lipinski definition) is 3. The average molecular weight is 263 g/mol. The molecule has 2 aromatic rings. The minimum atomic E-state index is -4.15. The van der Waals surface area contributed by atoms with Gasteiger partial charge in [-0.3, -0.25) is 4.40 Å². The Hall–Kier alpha value is -1.08. The van der Waals surface area contributed by atoms with Crippen LogP contribution in [0.2, 0.25) is 0 Å². The van der Waals surface area contributed by atoms with E-state index in [0.717, 1.165) is 4.96 Å². The second-order valence-electron chi connectivity index (χ2n) is 3.83. The summed E-state index contributed by atoms with van der Waals surface area (Å²) in [5.41, 5.74) is 0.681. The van der Waals surface area contributed by atoms with Crippen molar-refractivity contribution in [2.45, 2.75) is 25.1 Å². The van der Waals surface area contributed by atoms with Crippen molar-refractivity contribution in [2.24, 2.45) is 0 Å². The molecule has 0 saturated carbocycles. The Labute approximate surface area is 100 Å². The van der Waals surface area contributed by atoms with Crippen LogP contribution in [0, 0.1) is 0 Å². The SMILES string of the molecule is CNC(Cc1cn2ccsc2n1)CC(F)(F)F. The molecule has 0 amide bonds. The number of fused-ring (bicyclic) bond motifs is 1. The number of aromatic nitrogens is 2. The van der Waals surface area contributed by atoms with Gasteiger partial charge in [-0.2, -0.15) is 13.2 Å². The molecule has 0 bridgehead atoms. The summed E-state index contributed by atoms with van der Waals surface area (Å²) in [6, 6.07) is -0.625. The first-order valence-corrected chi connectivity index (χ1v) is 6.01. The van der Waals surface area contributed by atoms with E-state index in [2.05, 4.69) is 10.3 Å². The largest absolute Gasteiger partial charge is 0.390 e. The molecular weight excluding hydrogens is 251 g/mol. The van der Waals surface area contributed by atoms with Gasteiger partial charge in [-0.15, -0.1) is 11.3 Å². The van der Waals surface area contributed by atoms with Crippen LogP contribution in [0.1, 0.15) is 12.1 Å². The first-order chi connectivity index (χ1) is 7.98. The quantitative estimate of drug-likeness (QED) is 0.918. The second kappa shape index (κ2) is 4.66. The Morgan fingerprint density at radius 3 is 2.88 bits per heavy atom. The zero-order chi connectivity index (χ0) is 12.5. The number of rotatable bonds is 4. The van der Waals surface area contributed by atoms with Crippen LogP contribution in [0.15, 0.2) is 17.8 Å². The minimum absolute atomic E-state index is 0.282. The van der Waals surface area contributed by atoms with Crippen LogP contribution in [-0.4, -0.2) is 28.7 Å². The number of nitrogens with zero attached hydrogens (tertiary/aromatic N) is 2. The first-order valence-electron chi connectivity index (χ1n) is 5.13. The molecule has 0 radical (unpaired) electrons. The highest BCUT2D eigenvalue weighted by molar-refractivity contribution is 7.15. The van der Waals surface area contributed by atoms with Gasteiger partial charge in [-0.05, 0) is 7.05 Å². The lowest BCUT2D eigenvalue weighted by molar-refractivity contribution is -0.139. The van der Waals surface area contributed by atoms with Crippen molar-refractivity contribution < 1.29 is 13.2 Å². The van der Waals surface area contributed by atoms with Crippen molar-refractivity contribution in [1.29, 1.82) is 0 Å². The van der Waals surface area contributed by atoms with E-state index in [0.29, 0.717) is 5.69 Å². The lowest BCUT2D eigenvalue weighted by atomic mass is 10.1. The minimum Gasteiger partial charge on any atom is -0.316 e. The van der Waals surface area contributed by atoms with Crippen LogP contribution in [0.4, 0.5) is 13.2 Å². The van der Waals surface area contributed by atoms with Gasteiger partial charge < -0.3 is 5.32 Å². The number of nitrogens with one attached hydrogen (secondary N) is 1. The maximum absolute atomic E-state index is 12.3. The van der Waals surface area contributed by atoms with E-state index in [4.69, 9.17) is 0 Å². The molecule has 2 heterocycles. The van der Waals surface area contributed by atoms with Crippen LogP contribution in [0.5, 0.6) is 0 Å². The molecule has 94 valence electrons. The molecule has 0 saturated heterocycles. The smallest absolute Gasteiger partial charge is 0.316 e. The third-order valence-electron chi connectivity index (χ3n) is 2.48. The Kier molecular flexibility index (Phi) is 3.39.